The van der Waals surface area contributed by atoms with Crippen LogP contribution in [0.2, 0.25) is 0 Å². The number of nitrogens with zero attached hydrogens (tertiary/aromatic N) is 3. The van der Waals surface area contributed by atoms with Crippen LogP contribution in [0.4, 0.5) is 0 Å². The molecule has 0 unspecified atom stereocenters. The number of carboxylic acids is 1. The van der Waals surface area contributed by atoms with E-state index < -0.39 is 5.97 Å². The van der Waals surface area contributed by atoms with Gasteiger partial charge < -0.3 is 15.3 Å². The summed E-state index contributed by atoms with van der Waals surface area (Å²) < 4.78 is 3.82. The lowest BCUT2D eigenvalue weighted by molar-refractivity contribution is -0.137. The summed E-state index contributed by atoms with van der Waals surface area (Å²) in [4.78, 5) is 39.3. The number of aryl methyl sites for hydroxylation is 1. The van der Waals surface area contributed by atoms with E-state index in [-0.39, 0.29) is 30.6 Å². The number of rotatable bonds is 8. The van der Waals surface area contributed by atoms with Crippen LogP contribution in [0.5, 0.6) is 0 Å². The maximum Gasteiger partial charge on any atom is 0.304 e. The Kier molecular flexibility index (Phi) is 7.32. The third-order valence-corrected chi connectivity index (χ3v) is 6.98. The van der Waals surface area contributed by atoms with Crippen LogP contribution >= 0.6 is 22.9 Å². The molecular weight excluding hydrogens is 412 g/mol. The zero-order valence-electron chi connectivity index (χ0n) is 16.2. The highest BCUT2D eigenvalue weighted by Crippen LogP contribution is 2.28. The predicted molar refractivity (Wildman–Crippen MR) is 110 cm³/mol. The van der Waals surface area contributed by atoms with Crippen LogP contribution in [-0.2, 0) is 9.59 Å². The van der Waals surface area contributed by atoms with E-state index in [1.54, 1.807) is 6.92 Å². The van der Waals surface area contributed by atoms with E-state index in [1.165, 1.54) is 11.3 Å². The summed E-state index contributed by atoms with van der Waals surface area (Å²) in [6.45, 7) is 3.63. The van der Waals surface area contributed by atoms with Crippen LogP contribution in [0, 0.1) is 12.8 Å². The topological polar surface area (TPSA) is 112 Å². The second-order valence-electron chi connectivity index (χ2n) is 7.24. The van der Waals surface area contributed by atoms with Gasteiger partial charge in [-0.3, -0.25) is 14.4 Å². The quantitative estimate of drug-likeness (QED) is 0.658. The van der Waals surface area contributed by atoms with E-state index in [4.69, 9.17) is 5.11 Å². The summed E-state index contributed by atoms with van der Waals surface area (Å²) in [5, 5.41) is 17.9. The number of hydrogen-bond donors (Lipinski definition) is 2. The Labute approximate surface area is 177 Å². The fourth-order valence-corrected chi connectivity index (χ4v) is 4.93. The molecule has 0 spiro atoms. The fourth-order valence-electron chi connectivity index (χ4n) is 3.47. The molecule has 1 saturated heterocycles. The minimum Gasteiger partial charge on any atom is -0.481 e. The Balaban J connectivity index is 1.43. The maximum absolute atomic E-state index is 12.5. The first-order valence-corrected chi connectivity index (χ1v) is 11.2. The van der Waals surface area contributed by atoms with Crippen molar-refractivity contribution >= 4 is 40.7 Å². The van der Waals surface area contributed by atoms with Crippen molar-refractivity contribution < 1.29 is 19.5 Å². The Morgan fingerprint density at radius 1 is 1.31 bits per heavy atom. The van der Waals surface area contributed by atoms with E-state index in [9.17, 15) is 14.4 Å². The van der Waals surface area contributed by atoms with Crippen LogP contribution in [0.25, 0.3) is 0 Å². The van der Waals surface area contributed by atoms with Crippen LogP contribution < -0.4 is 5.32 Å². The predicted octanol–water partition coefficient (Wildman–Crippen LogP) is 2.53. The second-order valence-corrected chi connectivity index (χ2v) is 8.97. The number of likely N-dealkylation sites (tertiary alicyclic amines) is 1. The molecule has 0 aliphatic carbocycles. The molecule has 0 saturated carbocycles. The van der Waals surface area contributed by atoms with Crippen molar-refractivity contribution in [1.29, 1.82) is 0 Å². The fraction of sp³-hybridized carbons (Fsp3) is 0.526. The number of hydrogen-bond acceptors (Lipinski definition) is 7. The summed E-state index contributed by atoms with van der Waals surface area (Å²) in [5.74, 6) is -1.05. The van der Waals surface area contributed by atoms with Crippen LogP contribution in [0.1, 0.15) is 51.8 Å². The molecule has 0 aromatic carbocycles. The van der Waals surface area contributed by atoms with Gasteiger partial charge in [-0.2, -0.15) is 0 Å². The van der Waals surface area contributed by atoms with Crippen molar-refractivity contribution in [2.45, 2.75) is 38.5 Å². The third-order valence-electron chi connectivity index (χ3n) is 5.13. The normalized spacial score (nSPS) is 15.8. The molecule has 1 fully saturated rings. The molecule has 2 N–H and O–H groups in total. The standard InChI is InChI=1S/C19H24N4O4S2/c1-12-18(29-22-21-12)19(27)23-6-4-13(5-7-23)11-20-16(24)9-14(10-17(25)26)15-3-2-8-28-15/h2-3,8,13-14H,4-7,9-11H2,1H3,(H,20,24)(H,25,26)/t14-/m1/s1. The zero-order valence-corrected chi connectivity index (χ0v) is 17.8. The van der Waals surface area contributed by atoms with Gasteiger partial charge in [0.05, 0.1) is 12.1 Å². The molecule has 1 aliphatic rings. The number of amides is 2. The summed E-state index contributed by atoms with van der Waals surface area (Å²) in [7, 11) is 0. The number of carbonyl (C=O) groups is 3. The van der Waals surface area contributed by atoms with Gasteiger partial charge in [0.2, 0.25) is 5.91 Å². The van der Waals surface area contributed by atoms with Crippen molar-refractivity contribution in [2.24, 2.45) is 5.92 Å². The van der Waals surface area contributed by atoms with Gasteiger partial charge in [0.15, 0.2) is 0 Å². The molecule has 8 nitrogen and oxygen atoms in total. The Hall–Kier alpha value is -2.33. The lowest BCUT2D eigenvalue weighted by atomic mass is 9.95. The molecule has 156 valence electrons. The van der Waals surface area contributed by atoms with Crippen molar-refractivity contribution in [2.75, 3.05) is 19.6 Å². The summed E-state index contributed by atoms with van der Waals surface area (Å²) in [6, 6.07) is 3.74. The SMILES string of the molecule is Cc1nnsc1C(=O)N1CCC(CNC(=O)C[C@H](CC(=O)O)c2cccs2)CC1. The molecule has 3 heterocycles. The van der Waals surface area contributed by atoms with Gasteiger partial charge in [0, 0.05) is 36.9 Å². The monoisotopic (exact) mass is 436 g/mol. The molecule has 1 atom stereocenters. The lowest BCUT2D eigenvalue weighted by Gasteiger charge is -2.31. The highest BCUT2D eigenvalue weighted by atomic mass is 32.1. The minimum absolute atomic E-state index is 0.0209. The van der Waals surface area contributed by atoms with Crippen LogP contribution in [0.15, 0.2) is 17.5 Å². The van der Waals surface area contributed by atoms with Gasteiger partial charge in [0.1, 0.15) is 4.88 Å². The average molecular weight is 437 g/mol. The average Bonchev–Trinajstić information content (AvgIpc) is 3.37. The van der Waals surface area contributed by atoms with Crippen LogP contribution in [0.3, 0.4) is 0 Å². The molecule has 2 aromatic heterocycles. The maximum atomic E-state index is 12.5. The molecule has 10 heteroatoms. The van der Waals surface area contributed by atoms with Gasteiger partial charge >= 0.3 is 5.97 Å². The minimum atomic E-state index is -0.903. The first kappa shape index (κ1) is 21.4. The van der Waals surface area contributed by atoms with E-state index in [0.717, 1.165) is 29.3 Å². The first-order chi connectivity index (χ1) is 13.9. The van der Waals surface area contributed by atoms with E-state index in [0.29, 0.717) is 36.1 Å². The van der Waals surface area contributed by atoms with Crippen molar-refractivity contribution in [1.82, 2.24) is 19.8 Å². The first-order valence-electron chi connectivity index (χ1n) is 9.54. The number of aliphatic carboxylic acids is 1. The second kappa shape index (κ2) is 9.93. The summed E-state index contributed by atoms with van der Waals surface area (Å²) >= 11 is 2.60. The number of nitrogens with one attached hydrogen (secondary N) is 1. The molecule has 2 amide bonds. The molecular formula is C19H24N4O4S2. The lowest BCUT2D eigenvalue weighted by Crippen LogP contribution is -2.41. The smallest absolute Gasteiger partial charge is 0.304 e. The molecule has 0 radical (unpaired) electrons. The van der Waals surface area contributed by atoms with E-state index >= 15 is 0 Å². The molecule has 29 heavy (non-hydrogen) atoms. The van der Waals surface area contributed by atoms with Crippen molar-refractivity contribution in [3.8, 4) is 0 Å². The summed E-state index contributed by atoms with van der Waals surface area (Å²) in [6.07, 6.45) is 1.75. The van der Waals surface area contributed by atoms with Crippen LogP contribution in [-0.4, -0.2) is 57.0 Å². The number of piperidine rings is 1. The highest BCUT2D eigenvalue weighted by molar-refractivity contribution is 7.10. The molecule has 3 rings (SSSR count). The highest BCUT2D eigenvalue weighted by Gasteiger charge is 2.27. The Morgan fingerprint density at radius 2 is 2.07 bits per heavy atom. The number of carbonyl (C=O) groups excluding carboxylic acids is 2. The van der Waals surface area contributed by atoms with Gasteiger partial charge in [-0.15, -0.1) is 16.4 Å². The Bertz CT molecular complexity index is 844. The third kappa shape index (κ3) is 5.83. The largest absolute Gasteiger partial charge is 0.481 e. The van der Waals surface area contributed by atoms with E-state index in [1.807, 2.05) is 22.4 Å². The van der Waals surface area contributed by atoms with Gasteiger partial charge in [-0.05, 0) is 48.7 Å². The Morgan fingerprint density at radius 3 is 2.66 bits per heavy atom. The number of aromatic nitrogens is 2. The summed E-state index contributed by atoms with van der Waals surface area (Å²) in [5.41, 5.74) is 0.663. The molecule has 2 aromatic rings. The van der Waals surface area contributed by atoms with Gasteiger partial charge in [-0.1, -0.05) is 10.6 Å². The zero-order chi connectivity index (χ0) is 20.8. The van der Waals surface area contributed by atoms with Gasteiger partial charge in [-0.25, -0.2) is 0 Å². The van der Waals surface area contributed by atoms with E-state index in [2.05, 4.69) is 14.9 Å². The molecule has 0 bridgehead atoms. The number of carboxylic acid groups (broad SMARTS) is 1. The van der Waals surface area contributed by atoms with Crippen molar-refractivity contribution in [3.63, 3.8) is 0 Å². The van der Waals surface area contributed by atoms with Crippen molar-refractivity contribution in [3.05, 3.63) is 33.0 Å². The molecule has 1 aliphatic heterocycles. The number of thiophene rings is 1. The van der Waals surface area contributed by atoms with Gasteiger partial charge in [0.25, 0.3) is 5.91 Å².